The molecule has 3 N–H and O–H groups in total. The van der Waals surface area contributed by atoms with Crippen LogP contribution in [0.25, 0.3) is 0 Å². The predicted molar refractivity (Wildman–Crippen MR) is 95.4 cm³/mol. The first-order valence-corrected chi connectivity index (χ1v) is 7.91. The van der Waals surface area contributed by atoms with E-state index >= 15 is 0 Å². The van der Waals surface area contributed by atoms with Crippen LogP contribution < -0.4 is 25.3 Å². The van der Waals surface area contributed by atoms with Crippen molar-refractivity contribution in [2.45, 2.75) is 44.2 Å². The Labute approximate surface area is 149 Å². The Morgan fingerprint density at radius 1 is 1.08 bits per heavy atom. The summed E-state index contributed by atoms with van der Waals surface area (Å²) >= 11 is 0. The van der Waals surface area contributed by atoms with Crippen LogP contribution in [0.15, 0.2) is 12.1 Å². The number of rotatable bonds is 6. The molecule has 0 spiro atoms. The highest BCUT2D eigenvalue weighted by molar-refractivity contribution is 5.85. The Kier molecular flexibility index (Phi) is 8.15. The van der Waals surface area contributed by atoms with Crippen LogP contribution in [0.1, 0.15) is 31.2 Å². The summed E-state index contributed by atoms with van der Waals surface area (Å²) in [6.07, 6.45) is 4.11. The van der Waals surface area contributed by atoms with Gasteiger partial charge in [0.25, 0.3) is 0 Å². The van der Waals surface area contributed by atoms with Gasteiger partial charge in [-0.2, -0.15) is 0 Å². The number of carbonyl (C=O) groups excluding carboxylic acids is 1. The number of methoxy groups -OCH3 is 3. The van der Waals surface area contributed by atoms with Crippen molar-refractivity contribution in [2.24, 2.45) is 5.73 Å². The number of nitrogens with two attached hydrogens (primary N) is 1. The van der Waals surface area contributed by atoms with Gasteiger partial charge in [0.05, 0.1) is 27.8 Å². The highest BCUT2D eigenvalue weighted by Gasteiger charge is 2.21. The first-order valence-electron chi connectivity index (χ1n) is 7.91. The van der Waals surface area contributed by atoms with Gasteiger partial charge in [0.1, 0.15) is 0 Å². The fourth-order valence-electron chi connectivity index (χ4n) is 2.97. The predicted octanol–water partition coefficient (Wildman–Crippen LogP) is 2.06. The summed E-state index contributed by atoms with van der Waals surface area (Å²) in [7, 11) is 4.68. The number of amides is 1. The van der Waals surface area contributed by atoms with Gasteiger partial charge in [-0.25, -0.2) is 0 Å². The van der Waals surface area contributed by atoms with Crippen LogP contribution in [-0.2, 0) is 11.2 Å². The molecular weight excluding hydrogens is 332 g/mol. The van der Waals surface area contributed by atoms with E-state index in [4.69, 9.17) is 19.9 Å². The van der Waals surface area contributed by atoms with Gasteiger partial charge in [-0.1, -0.05) is 0 Å². The van der Waals surface area contributed by atoms with Crippen molar-refractivity contribution in [3.05, 3.63) is 17.7 Å². The van der Waals surface area contributed by atoms with Crippen molar-refractivity contribution in [3.63, 3.8) is 0 Å². The minimum Gasteiger partial charge on any atom is -0.493 e. The number of hydrogen-bond acceptors (Lipinski definition) is 5. The van der Waals surface area contributed by atoms with Crippen molar-refractivity contribution in [2.75, 3.05) is 21.3 Å². The topological polar surface area (TPSA) is 82.8 Å². The molecule has 7 heteroatoms. The number of hydrogen-bond donors (Lipinski definition) is 2. The fourth-order valence-corrected chi connectivity index (χ4v) is 2.97. The third-order valence-electron chi connectivity index (χ3n) is 4.23. The maximum atomic E-state index is 12.3. The molecule has 0 aromatic heterocycles. The first-order chi connectivity index (χ1) is 11.1. The molecule has 1 amide bonds. The Hall–Kier alpha value is -1.66. The zero-order valence-electron chi connectivity index (χ0n) is 14.5. The smallest absolute Gasteiger partial charge is 0.224 e. The zero-order chi connectivity index (χ0) is 16.8. The van der Waals surface area contributed by atoms with E-state index in [1.54, 1.807) is 33.5 Å². The van der Waals surface area contributed by atoms with Crippen molar-refractivity contribution < 1.29 is 19.0 Å². The van der Waals surface area contributed by atoms with Crippen LogP contribution in [0.4, 0.5) is 0 Å². The molecule has 1 aromatic rings. The molecule has 1 aliphatic carbocycles. The van der Waals surface area contributed by atoms with E-state index in [2.05, 4.69) is 5.32 Å². The highest BCUT2D eigenvalue weighted by Crippen LogP contribution is 2.38. The average molecular weight is 359 g/mol. The molecule has 2 rings (SSSR count). The Morgan fingerprint density at radius 2 is 1.62 bits per heavy atom. The standard InChI is InChI=1S/C17H26N2O4.ClH/c1-21-14-8-11(9-15(22-2)17(14)23-3)10-16(20)19-13-6-4-12(18)5-7-13;/h8-9,12-13H,4-7,10,18H2,1-3H3,(H,19,20);1H. The van der Waals surface area contributed by atoms with E-state index in [1.165, 1.54) is 0 Å². The molecule has 1 aliphatic rings. The molecule has 6 nitrogen and oxygen atoms in total. The lowest BCUT2D eigenvalue weighted by molar-refractivity contribution is -0.121. The van der Waals surface area contributed by atoms with Crippen LogP contribution >= 0.6 is 12.4 Å². The summed E-state index contributed by atoms with van der Waals surface area (Å²) in [6, 6.07) is 4.11. The second kappa shape index (κ2) is 9.59. The number of nitrogens with one attached hydrogen (secondary N) is 1. The maximum absolute atomic E-state index is 12.3. The van der Waals surface area contributed by atoms with Crippen molar-refractivity contribution in [1.82, 2.24) is 5.32 Å². The molecule has 1 fully saturated rings. The van der Waals surface area contributed by atoms with Gasteiger partial charge < -0.3 is 25.3 Å². The molecule has 136 valence electrons. The molecule has 0 heterocycles. The summed E-state index contributed by atoms with van der Waals surface area (Å²) in [5.41, 5.74) is 6.71. The zero-order valence-corrected chi connectivity index (χ0v) is 15.3. The van der Waals surface area contributed by atoms with Gasteiger partial charge in [0.2, 0.25) is 11.7 Å². The molecule has 0 bridgehead atoms. The molecular formula is C17H27ClN2O4. The monoisotopic (exact) mass is 358 g/mol. The normalized spacial score (nSPS) is 19.8. The Morgan fingerprint density at radius 3 is 2.08 bits per heavy atom. The quantitative estimate of drug-likeness (QED) is 0.813. The minimum absolute atomic E-state index is 0. The first kappa shape index (κ1) is 20.4. The van der Waals surface area contributed by atoms with Gasteiger partial charge in [0, 0.05) is 12.1 Å². The summed E-state index contributed by atoms with van der Waals surface area (Å²) in [6.45, 7) is 0. The summed E-state index contributed by atoms with van der Waals surface area (Å²) in [5, 5.41) is 3.08. The highest BCUT2D eigenvalue weighted by atomic mass is 35.5. The van der Waals surface area contributed by atoms with Crippen LogP contribution in [0, 0.1) is 0 Å². The van der Waals surface area contributed by atoms with Gasteiger partial charge in [-0.15, -0.1) is 12.4 Å². The van der Waals surface area contributed by atoms with Crippen molar-refractivity contribution in [1.29, 1.82) is 0 Å². The maximum Gasteiger partial charge on any atom is 0.224 e. The third kappa shape index (κ3) is 5.18. The lowest BCUT2D eigenvalue weighted by Crippen LogP contribution is -2.41. The van der Waals surface area contributed by atoms with E-state index in [-0.39, 0.29) is 36.8 Å². The third-order valence-corrected chi connectivity index (χ3v) is 4.23. The number of benzene rings is 1. The van der Waals surface area contributed by atoms with Crippen LogP contribution in [0.2, 0.25) is 0 Å². The van der Waals surface area contributed by atoms with Gasteiger partial charge in [0.15, 0.2) is 11.5 Å². The lowest BCUT2D eigenvalue weighted by Gasteiger charge is -2.26. The van der Waals surface area contributed by atoms with E-state index in [0.717, 1.165) is 31.2 Å². The number of halogens is 1. The van der Waals surface area contributed by atoms with E-state index in [0.29, 0.717) is 17.2 Å². The van der Waals surface area contributed by atoms with Crippen LogP contribution in [-0.4, -0.2) is 39.3 Å². The molecule has 0 saturated heterocycles. The molecule has 0 unspecified atom stereocenters. The summed E-state index contributed by atoms with van der Waals surface area (Å²) in [4.78, 5) is 12.3. The van der Waals surface area contributed by atoms with Crippen molar-refractivity contribution >= 4 is 18.3 Å². The molecule has 1 saturated carbocycles. The molecule has 0 aliphatic heterocycles. The van der Waals surface area contributed by atoms with Crippen molar-refractivity contribution in [3.8, 4) is 17.2 Å². The van der Waals surface area contributed by atoms with Crippen LogP contribution in [0.3, 0.4) is 0 Å². The summed E-state index contributed by atoms with van der Waals surface area (Å²) in [5.74, 6) is 1.64. The average Bonchev–Trinajstić information content (AvgIpc) is 2.55. The minimum atomic E-state index is -0.000237. The fraction of sp³-hybridized carbons (Fsp3) is 0.588. The molecule has 1 aromatic carbocycles. The van der Waals surface area contributed by atoms with E-state index in [9.17, 15) is 4.79 Å². The number of carbonyl (C=O) groups is 1. The van der Waals surface area contributed by atoms with Gasteiger partial charge in [-0.05, 0) is 43.4 Å². The molecule has 24 heavy (non-hydrogen) atoms. The van der Waals surface area contributed by atoms with E-state index in [1.807, 2.05) is 0 Å². The SMILES string of the molecule is COc1cc(CC(=O)NC2CCC(N)CC2)cc(OC)c1OC.Cl. The summed E-state index contributed by atoms with van der Waals surface area (Å²) < 4.78 is 15.9. The van der Waals surface area contributed by atoms with Crippen LogP contribution in [0.5, 0.6) is 17.2 Å². The molecule has 0 radical (unpaired) electrons. The van der Waals surface area contributed by atoms with E-state index < -0.39 is 0 Å². The Balaban J connectivity index is 0.00000288. The molecule has 0 atom stereocenters. The second-order valence-corrected chi connectivity index (χ2v) is 5.89. The van der Waals surface area contributed by atoms with Gasteiger partial charge in [-0.3, -0.25) is 4.79 Å². The largest absolute Gasteiger partial charge is 0.493 e. The second-order valence-electron chi connectivity index (χ2n) is 5.89. The lowest BCUT2D eigenvalue weighted by atomic mass is 9.91. The Bertz CT molecular complexity index is 520. The number of ether oxygens (including phenoxy) is 3. The van der Waals surface area contributed by atoms with Gasteiger partial charge >= 0.3 is 0 Å².